The minimum atomic E-state index is 0.315. The molecule has 19 heavy (non-hydrogen) atoms. The van der Waals surface area contributed by atoms with Gasteiger partial charge in [-0.25, -0.2) is 0 Å². The predicted molar refractivity (Wildman–Crippen MR) is 82.2 cm³/mol. The van der Waals surface area contributed by atoms with E-state index in [0.29, 0.717) is 24.2 Å². The molecule has 1 aromatic carbocycles. The zero-order valence-corrected chi connectivity index (χ0v) is 13.3. The number of hydrogen-bond donors (Lipinski definition) is 0. The molecule has 1 atom stereocenters. The van der Waals surface area contributed by atoms with E-state index in [2.05, 4.69) is 52.9 Å². The van der Waals surface area contributed by atoms with E-state index in [1.165, 1.54) is 12.0 Å². The monoisotopic (exact) mass is 323 g/mol. The van der Waals surface area contributed by atoms with Crippen molar-refractivity contribution in [3.05, 3.63) is 34.3 Å². The first-order chi connectivity index (χ1) is 9.06. The number of rotatable bonds is 3. The fraction of sp³-hybridized carbons (Fsp3) is 0.562. The molecule has 1 aliphatic heterocycles. The summed E-state index contributed by atoms with van der Waals surface area (Å²) in [4.78, 5) is 14.2. The molecule has 1 aromatic rings. The third-order valence-corrected chi connectivity index (χ3v) is 4.17. The van der Waals surface area contributed by atoms with Gasteiger partial charge in [0, 0.05) is 29.9 Å². The molecule has 2 rings (SSSR count). The van der Waals surface area contributed by atoms with Gasteiger partial charge in [-0.15, -0.1) is 0 Å². The van der Waals surface area contributed by atoms with Gasteiger partial charge in [0.25, 0.3) is 0 Å². The van der Waals surface area contributed by atoms with Gasteiger partial charge in [0.15, 0.2) is 0 Å². The summed E-state index contributed by atoms with van der Waals surface area (Å²) in [6, 6.07) is 8.48. The largest absolute Gasteiger partial charge is 0.342 e. The minimum absolute atomic E-state index is 0.315. The minimum Gasteiger partial charge on any atom is -0.342 e. The van der Waals surface area contributed by atoms with Crippen LogP contribution in [0.1, 0.15) is 44.6 Å². The van der Waals surface area contributed by atoms with Gasteiger partial charge >= 0.3 is 0 Å². The molecule has 0 radical (unpaired) electrons. The normalized spacial score (nSPS) is 19.8. The number of hydrogen-bond acceptors (Lipinski definition) is 1. The number of benzene rings is 1. The molecule has 0 N–H and O–H groups in total. The average molecular weight is 324 g/mol. The molecule has 0 saturated carbocycles. The molecular weight excluding hydrogens is 302 g/mol. The number of halogens is 1. The van der Waals surface area contributed by atoms with Gasteiger partial charge in [-0.05, 0) is 36.5 Å². The van der Waals surface area contributed by atoms with Crippen LogP contribution in [0.15, 0.2) is 28.7 Å². The van der Waals surface area contributed by atoms with Crippen LogP contribution in [0.3, 0.4) is 0 Å². The lowest BCUT2D eigenvalue weighted by Gasteiger charge is -2.33. The smallest absolute Gasteiger partial charge is 0.222 e. The first kappa shape index (κ1) is 14.6. The highest BCUT2D eigenvalue weighted by Crippen LogP contribution is 2.29. The zero-order chi connectivity index (χ0) is 13.8. The molecular formula is C16H22BrNO. The SMILES string of the molecule is CC(C)CC(=O)N1CCCC(c2cccc(Br)c2)C1. The molecule has 1 saturated heterocycles. The molecule has 0 spiro atoms. The van der Waals surface area contributed by atoms with Crippen molar-refractivity contribution in [1.82, 2.24) is 4.90 Å². The number of nitrogens with zero attached hydrogens (tertiary/aromatic N) is 1. The summed E-state index contributed by atoms with van der Waals surface area (Å²) >= 11 is 3.52. The highest BCUT2D eigenvalue weighted by molar-refractivity contribution is 9.10. The Hall–Kier alpha value is -0.830. The average Bonchev–Trinajstić information content (AvgIpc) is 2.38. The zero-order valence-electron chi connectivity index (χ0n) is 11.7. The Morgan fingerprint density at radius 3 is 2.95 bits per heavy atom. The van der Waals surface area contributed by atoms with Gasteiger partial charge in [0.1, 0.15) is 0 Å². The van der Waals surface area contributed by atoms with Crippen molar-refractivity contribution in [2.75, 3.05) is 13.1 Å². The molecule has 1 heterocycles. The number of amides is 1. The molecule has 0 aliphatic carbocycles. The van der Waals surface area contributed by atoms with Crippen molar-refractivity contribution in [2.45, 2.75) is 39.0 Å². The standard InChI is InChI=1S/C16H22BrNO/c1-12(2)9-16(19)18-8-4-6-14(11-18)13-5-3-7-15(17)10-13/h3,5,7,10,12,14H,4,6,8-9,11H2,1-2H3. The van der Waals surface area contributed by atoms with Crippen LogP contribution in [-0.4, -0.2) is 23.9 Å². The molecule has 1 unspecified atom stereocenters. The van der Waals surface area contributed by atoms with Crippen LogP contribution >= 0.6 is 15.9 Å². The van der Waals surface area contributed by atoms with E-state index in [4.69, 9.17) is 0 Å². The van der Waals surface area contributed by atoms with Crippen LogP contribution in [0.5, 0.6) is 0 Å². The maximum absolute atomic E-state index is 12.2. The lowest BCUT2D eigenvalue weighted by Crippen LogP contribution is -2.39. The Labute approximate surface area is 124 Å². The number of carbonyl (C=O) groups excluding carboxylic acids is 1. The van der Waals surface area contributed by atoms with E-state index in [-0.39, 0.29) is 0 Å². The lowest BCUT2D eigenvalue weighted by atomic mass is 9.90. The van der Waals surface area contributed by atoms with Crippen LogP contribution < -0.4 is 0 Å². The quantitative estimate of drug-likeness (QED) is 0.816. The highest BCUT2D eigenvalue weighted by atomic mass is 79.9. The molecule has 1 fully saturated rings. The van der Waals surface area contributed by atoms with Crippen molar-refractivity contribution < 1.29 is 4.79 Å². The fourth-order valence-corrected chi connectivity index (χ4v) is 3.13. The fourth-order valence-electron chi connectivity index (χ4n) is 2.71. The summed E-state index contributed by atoms with van der Waals surface area (Å²) in [5, 5.41) is 0. The van der Waals surface area contributed by atoms with Crippen molar-refractivity contribution in [3.8, 4) is 0 Å². The van der Waals surface area contributed by atoms with E-state index < -0.39 is 0 Å². The Balaban J connectivity index is 2.03. The Morgan fingerprint density at radius 1 is 1.47 bits per heavy atom. The van der Waals surface area contributed by atoms with Gasteiger partial charge in [-0.3, -0.25) is 4.79 Å². The van der Waals surface area contributed by atoms with E-state index in [1.54, 1.807) is 0 Å². The van der Waals surface area contributed by atoms with Crippen LogP contribution in [0.4, 0.5) is 0 Å². The first-order valence-corrected chi connectivity index (χ1v) is 7.89. The summed E-state index contributed by atoms with van der Waals surface area (Å²) in [5.41, 5.74) is 1.34. The van der Waals surface area contributed by atoms with Crippen LogP contribution in [0.25, 0.3) is 0 Å². The Kier molecular flexibility index (Phi) is 5.03. The summed E-state index contributed by atoms with van der Waals surface area (Å²) < 4.78 is 1.12. The highest BCUT2D eigenvalue weighted by Gasteiger charge is 2.24. The summed E-state index contributed by atoms with van der Waals surface area (Å²) in [7, 11) is 0. The summed E-state index contributed by atoms with van der Waals surface area (Å²) in [6.07, 6.45) is 2.97. The molecule has 0 bridgehead atoms. The second-order valence-corrected chi connectivity index (χ2v) is 6.75. The second kappa shape index (κ2) is 6.56. The number of piperidine rings is 1. The number of likely N-dealkylation sites (tertiary alicyclic amines) is 1. The lowest BCUT2D eigenvalue weighted by molar-refractivity contribution is -0.133. The summed E-state index contributed by atoms with van der Waals surface area (Å²) in [6.45, 7) is 6.01. The van der Waals surface area contributed by atoms with Gasteiger partial charge in [0.2, 0.25) is 5.91 Å². The maximum atomic E-state index is 12.2. The second-order valence-electron chi connectivity index (χ2n) is 5.83. The van der Waals surface area contributed by atoms with E-state index in [9.17, 15) is 4.79 Å². The molecule has 2 nitrogen and oxygen atoms in total. The Morgan fingerprint density at radius 2 is 2.26 bits per heavy atom. The first-order valence-electron chi connectivity index (χ1n) is 7.09. The molecule has 0 aromatic heterocycles. The van der Waals surface area contributed by atoms with Crippen LogP contribution in [0.2, 0.25) is 0 Å². The van der Waals surface area contributed by atoms with Crippen molar-refractivity contribution in [2.24, 2.45) is 5.92 Å². The van der Waals surface area contributed by atoms with Gasteiger partial charge in [-0.2, -0.15) is 0 Å². The predicted octanol–water partition coefficient (Wildman–Crippen LogP) is 4.20. The van der Waals surface area contributed by atoms with Crippen LogP contribution in [0, 0.1) is 5.92 Å². The number of carbonyl (C=O) groups is 1. The van der Waals surface area contributed by atoms with Crippen molar-refractivity contribution >= 4 is 21.8 Å². The van der Waals surface area contributed by atoms with Crippen molar-refractivity contribution in [3.63, 3.8) is 0 Å². The van der Waals surface area contributed by atoms with Crippen molar-refractivity contribution in [1.29, 1.82) is 0 Å². The summed E-state index contributed by atoms with van der Waals surface area (Å²) in [5.74, 6) is 1.25. The van der Waals surface area contributed by atoms with E-state index in [1.807, 2.05) is 6.07 Å². The molecule has 104 valence electrons. The third kappa shape index (κ3) is 4.07. The van der Waals surface area contributed by atoms with Gasteiger partial charge in [-0.1, -0.05) is 41.9 Å². The van der Waals surface area contributed by atoms with Crippen LogP contribution in [-0.2, 0) is 4.79 Å². The molecule has 1 aliphatic rings. The molecule has 1 amide bonds. The van der Waals surface area contributed by atoms with E-state index >= 15 is 0 Å². The van der Waals surface area contributed by atoms with Gasteiger partial charge in [0.05, 0.1) is 0 Å². The van der Waals surface area contributed by atoms with Gasteiger partial charge < -0.3 is 4.90 Å². The Bertz CT molecular complexity index is 444. The third-order valence-electron chi connectivity index (χ3n) is 3.68. The topological polar surface area (TPSA) is 20.3 Å². The maximum Gasteiger partial charge on any atom is 0.222 e. The molecule has 3 heteroatoms. The van der Waals surface area contributed by atoms with E-state index in [0.717, 1.165) is 24.0 Å².